The molecule has 4 rings (SSSR count). The Balaban J connectivity index is 1.27. The molecule has 0 saturated heterocycles. The standard InChI is InChI=1S/C27H27N5O4S/c1-32-24(16-28-25(33)13-9-18-8-12-22(35-2)23(14-18)36-3)30-31-27(32)37-17-26(34)29-21-11-10-19-6-4-5-7-20(19)15-21/h4-15H,16-17H2,1-3H3,(H,28,33)(H,29,34). The van der Waals surface area contributed by atoms with Crippen LogP contribution in [0, 0.1) is 0 Å². The summed E-state index contributed by atoms with van der Waals surface area (Å²) >= 11 is 1.28. The molecule has 10 heteroatoms. The highest BCUT2D eigenvalue weighted by Crippen LogP contribution is 2.28. The highest BCUT2D eigenvalue weighted by Gasteiger charge is 2.12. The Morgan fingerprint density at radius 2 is 1.76 bits per heavy atom. The molecule has 4 aromatic rings. The van der Waals surface area contributed by atoms with E-state index >= 15 is 0 Å². The minimum Gasteiger partial charge on any atom is -0.493 e. The Morgan fingerprint density at radius 1 is 0.973 bits per heavy atom. The number of nitrogens with zero attached hydrogens (tertiary/aromatic N) is 3. The molecule has 0 radical (unpaired) electrons. The van der Waals surface area contributed by atoms with Crippen molar-refractivity contribution in [2.24, 2.45) is 7.05 Å². The molecule has 2 amide bonds. The van der Waals surface area contributed by atoms with Crippen LogP contribution in [-0.2, 0) is 23.2 Å². The first-order chi connectivity index (χ1) is 18.0. The van der Waals surface area contributed by atoms with E-state index in [-0.39, 0.29) is 24.1 Å². The minimum absolute atomic E-state index is 0.140. The van der Waals surface area contributed by atoms with E-state index in [1.165, 1.54) is 17.8 Å². The number of hydrogen-bond acceptors (Lipinski definition) is 7. The van der Waals surface area contributed by atoms with Gasteiger partial charge in [0.25, 0.3) is 0 Å². The van der Waals surface area contributed by atoms with Gasteiger partial charge < -0.3 is 24.7 Å². The predicted octanol–water partition coefficient (Wildman–Crippen LogP) is 4.05. The molecule has 0 fully saturated rings. The minimum atomic E-state index is -0.276. The fourth-order valence-electron chi connectivity index (χ4n) is 3.57. The van der Waals surface area contributed by atoms with Crippen molar-refractivity contribution in [3.63, 3.8) is 0 Å². The fourth-order valence-corrected chi connectivity index (χ4v) is 4.30. The molecule has 190 valence electrons. The number of nitrogens with one attached hydrogen (secondary N) is 2. The third-order valence-electron chi connectivity index (χ3n) is 5.55. The number of thioether (sulfide) groups is 1. The second-order valence-corrected chi connectivity index (χ2v) is 8.96. The lowest BCUT2D eigenvalue weighted by atomic mass is 10.1. The molecule has 3 aromatic carbocycles. The van der Waals surface area contributed by atoms with Crippen molar-refractivity contribution >= 4 is 46.1 Å². The number of anilines is 1. The number of carbonyl (C=O) groups excluding carboxylic acids is 2. The van der Waals surface area contributed by atoms with Crippen LogP contribution in [-0.4, -0.2) is 46.6 Å². The topological polar surface area (TPSA) is 107 Å². The number of hydrogen-bond donors (Lipinski definition) is 2. The van der Waals surface area contributed by atoms with Crippen LogP contribution in [0.4, 0.5) is 5.69 Å². The molecule has 0 bridgehead atoms. The second-order valence-electron chi connectivity index (χ2n) is 8.02. The molecule has 0 aliphatic carbocycles. The molecule has 0 atom stereocenters. The summed E-state index contributed by atoms with van der Waals surface area (Å²) in [4.78, 5) is 24.7. The summed E-state index contributed by atoms with van der Waals surface area (Å²) in [5.41, 5.74) is 1.54. The van der Waals surface area contributed by atoms with Crippen LogP contribution in [0.15, 0.2) is 71.9 Å². The maximum Gasteiger partial charge on any atom is 0.244 e. The number of benzene rings is 3. The molecular weight excluding hydrogens is 490 g/mol. The monoisotopic (exact) mass is 517 g/mol. The number of carbonyl (C=O) groups is 2. The average molecular weight is 518 g/mol. The third-order valence-corrected chi connectivity index (χ3v) is 6.57. The Hall–Kier alpha value is -4.31. The van der Waals surface area contributed by atoms with E-state index in [0.29, 0.717) is 22.5 Å². The van der Waals surface area contributed by atoms with Crippen molar-refractivity contribution in [2.75, 3.05) is 25.3 Å². The molecular formula is C27H27N5O4S. The summed E-state index contributed by atoms with van der Waals surface area (Å²) in [6.07, 6.45) is 3.12. The lowest BCUT2D eigenvalue weighted by molar-refractivity contribution is -0.116. The van der Waals surface area contributed by atoms with E-state index in [1.807, 2.05) is 48.5 Å². The van der Waals surface area contributed by atoms with Crippen LogP contribution in [0.2, 0.25) is 0 Å². The van der Waals surface area contributed by atoms with Crippen LogP contribution < -0.4 is 20.1 Å². The van der Waals surface area contributed by atoms with E-state index in [0.717, 1.165) is 22.0 Å². The van der Waals surface area contributed by atoms with Gasteiger partial charge in [-0.15, -0.1) is 10.2 Å². The van der Waals surface area contributed by atoms with E-state index in [1.54, 1.807) is 44.0 Å². The number of fused-ring (bicyclic) bond motifs is 1. The van der Waals surface area contributed by atoms with Crippen molar-refractivity contribution < 1.29 is 19.1 Å². The lowest BCUT2D eigenvalue weighted by Crippen LogP contribution is -2.22. The van der Waals surface area contributed by atoms with E-state index < -0.39 is 0 Å². The number of ether oxygens (including phenoxy) is 2. The first-order valence-electron chi connectivity index (χ1n) is 11.4. The van der Waals surface area contributed by atoms with Gasteiger partial charge in [0.2, 0.25) is 11.8 Å². The van der Waals surface area contributed by atoms with Gasteiger partial charge >= 0.3 is 0 Å². The zero-order valence-electron chi connectivity index (χ0n) is 20.7. The van der Waals surface area contributed by atoms with Crippen molar-refractivity contribution in [1.82, 2.24) is 20.1 Å². The molecule has 1 heterocycles. The summed E-state index contributed by atoms with van der Waals surface area (Å²) in [6.45, 7) is 0.197. The van der Waals surface area contributed by atoms with E-state index in [9.17, 15) is 9.59 Å². The molecule has 1 aromatic heterocycles. The molecule has 2 N–H and O–H groups in total. The second kappa shape index (κ2) is 12.1. The Bertz CT molecular complexity index is 1450. The van der Waals surface area contributed by atoms with Crippen molar-refractivity contribution in [3.05, 3.63) is 78.1 Å². The van der Waals surface area contributed by atoms with Gasteiger partial charge in [-0.2, -0.15) is 0 Å². The lowest BCUT2D eigenvalue weighted by Gasteiger charge is -2.08. The Morgan fingerprint density at radius 3 is 2.54 bits per heavy atom. The van der Waals surface area contributed by atoms with Gasteiger partial charge in [0.05, 0.1) is 26.5 Å². The normalized spacial score (nSPS) is 11.0. The maximum atomic E-state index is 12.5. The SMILES string of the molecule is COc1ccc(C=CC(=O)NCc2nnc(SCC(=O)Nc3ccc4ccccc4c3)n2C)cc1OC. The highest BCUT2D eigenvalue weighted by atomic mass is 32.2. The van der Waals surface area contributed by atoms with Crippen LogP contribution in [0.25, 0.3) is 16.8 Å². The summed E-state index contributed by atoms with van der Waals surface area (Å²) in [5, 5.41) is 16.7. The quantitative estimate of drug-likeness (QED) is 0.241. The van der Waals surface area contributed by atoms with Crippen LogP contribution in [0.3, 0.4) is 0 Å². The first kappa shape index (κ1) is 25.8. The van der Waals surface area contributed by atoms with Gasteiger partial charge in [0.1, 0.15) is 0 Å². The van der Waals surface area contributed by atoms with Gasteiger partial charge in [-0.1, -0.05) is 48.2 Å². The molecule has 37 heavy (non-hydrogen) atoms. The highest BCUT2D eigenvalue weighted by molar-refractivity contribution is 7.99. The smallest absolute Gasteiger partial charge is 0.244 e. The molecule has 0 aliphatic rings. The maximum absolute atomic E-state index is 12.5. The molecule has 0 saturated carbocycles. The molecule has 0 unspecified atom stereocenters. The zero-order chi connectivity index (χ0) is 26.2. The predicted molar refractivity (Wildman–Crippen MR) is 145 cm³/mol. The summed E-state index contributed by atoms with van der Waals surface area (Å²) in [5.74, 6) is 1.54. The van der Waals surface area contributed by atoms with Gasteiger partial charge in [0, 0.05) is 18.8 Å². The fraction of sp³-hybridized carbons (Fsp3) is 0.185. The van der Waals surface area contributed by atoms with Crippen molar-refractivity contribution in [3.8, 4) is 11.5 Å². The van der Waals surface area contributed by atoms with Gasteiger partial charge in [-0.3, -0.25) is 9.59 Å². The third kappa shape index (κ3) is 6.68. The van der Waals surface area contributed by atoms with Crippen LogP contribution >= 0.6 is 11.8 Å². The number of aromatic nitrogens is 3. The Kier molecular flexibility index (Phi) is 8.42. The number of methoxy groups -OCH3 is 2. The summed E-state index contributed by atoms with van der Waals surface area (Å²) < 4.78 is 12.3. The molecule has 9 nitrogen and oxygen atoms in total. The van der Waals surface area contributed by atoms with Crippen LogP contribution in [0.5, 0.6) is 11.5 Å². The average Bonchev–Trinajstić information content (AvgIpc) is 3.28. The largest absolute Gasteiger partial charge is 0.493 e. The summed E-state index contributed by atoms with van der Waals surface area (Å²) in [7, 11) is 4.92. The number of amides is 2. The summed E-state index contributed by atoms with van der Waals surface area (Å²) in [6, 6.07) is 19.2. The number of rotatable bonds is 10. The Labute approximate surface area is 218 Å². The van der Waals surface area contributed by atoms with E-state index in [4.69, 9.17) is 9.47 Å². The van der Waals surface area contributed by atoms with Crippen LogP contribution in [0.1, 0.15) is 11.4 Å². The zero-order valence-corrected chi connectivity index (χ0v) is 21.5. The van der Waals surface area contributed by atoms with E-state index in [2.05, 4.69) is 20.8 Å². The van der Waals surface area contributed by atoms with Crippen molar-refractivity contribution in [1.29, 1.82) is 0 Å². The van der Waals surface area contributed by atoms with Crippen molar-refractivity contribution in [2.45, 2.75) is 11.7 Å². The van der Waals surface area contributed by atoms with Gasteiger partial charge in [-0.05, 0) is 46.7 Å². The first-order valence-corrected chi connectivity index (χ1v) is 12.4. The molecule has 0 spiro atoms. The van der Waals surface area contributed by atoms with Gasteiger partial charge in [0.15, 0.2) is 22.5 Å². The molecule has 0 aliphatic heterocycles. The van der Waals surface area contributed by atoms with Gasteiger partial charge in [-0.25, -0.2) is 0 Å².